The minimum absolute atomic E-state index is 0.176. The van der Waals surface area contributed by atoms with Gasteiger partial charge in [-0.1, -0.05) is 6.07 Å². The highest BCUT2D eigenvalue weighted by molar-refractivity contribution is 5.74. The molecular weight excluding hydrogens is 196 g/mol. The van der Waals surface area contributed by atoms with Crippen molar-refractivity contribution in [2.45, 2.75) is 46.2 Å². The molecule has 0 radical (unpaired) electrons. The van der Waals surface area contributed by atoms with Crippen molar-refractivity contribution < 1.29 is 0 Å². The molecule has 0 bridgehead atoms. The Hall–Kier alpha value is -1.18. The van der Waals surface area contributed by atoms with Crippen LogP contribution in [0.5, 0.6) is 0 Å². The van der Waals surface area contributed by atoms with Crippen LogP contribution < -0.4 is 10.2 Å². The second-order valence-electron chi connectivity index (χ2n) is 5.65. The molecule has 0 spiro atoms. The summed E-state index contributed by atoms with van der Waals surface area (Å²) in [6, 6.07) is 7.17. The number of rotatable bonds is 1. The minimum Gasteiger partial charge on any atom is -0.381 e. The third-order valence-corrected chi connectivity index (χ3v) is 3.29. The van der Waals surface area contributed by atoms with Crippen LogP contribution in [-0.4, -0.2) is 18.1 Å². The average Bonchev–Trinajstić information content (AvgIpc) is 2.15. The van der Waals surface area contributed by atoms with Gasteiger partial charge in [-0.2, -0.15) is 0 Å². The quantitative estimate of drug-likeness (QED) is 0.777. The van der Waals surface area contributed by atoms with Gasteiger partial charge in [-0.25, -0.2) is 0 Å². The summed E-state index contributed by atoms with van der Waals surface area (Å²) >= 11 is 0. The lowest BCUT2D eigenvalue weighted by atomic mass is 9.95. The molecule has 0 aromatic heterocycles. The molecule has 2 nitrogen and oxygen atoms in total. The standard InChI is InChI=1S/C14H22N2/c1-10(2)16-13-8-11(3)6-7-12(13)15-9-14(16,4)5/h6-8,10,15H,9H2,1-5H3. The van der Waals surface area contributed by atoms with E-state index in [1.807, 2.05) is 0 Å². The molecule has 2 heteroatoms. The maximum Gasteiger partial charge on any atom is 0.0612 e. The number of benzene rings is 1. The Kier molecular flexibility index (Phi) is 2.61. The number of nitrogens with zero attached hydrogens (tertiary/aromatic N) is 1. The molecule has 1 aromatic carbocycles. The molecule has 1 N–H and O–H groups in total. The van der Waals surface area contributed by atoms with Crippen molar-refractivity contribution in [1.29, 1.82) is 0 Å². The van der Waals surface area contributed by atoms with Crippen LogP contribution in [0.1, 0.15) is 33.3 Å². The SMILES string of the molecule is Cc1ccc2c(c1)N(C(C)C)C(C)(C)CN2. The van der Waals surface area contributed by atoms with Gasteiger partial charge in [-0.3, -0.25) is 0 Å². The number of hydrogen-bond acceptors (Lipinski definition) is 2. The first kappa shape index (κ1) is 11.3. The summed E-state index contributed by atoms with van der Waals surface area (Å²) in [6.07, 6.45) is 0. The zero-order valence-electron chi connectivity index (χ0n) is 11.0. The van der Waals surface area contributed by atoms with Gasteiger partial charge in [0.05, 0.1) is 16.9 Å². The zero-order chi connectivity index (χ0) is 11.9. The van der Waals surface area contributed by atoms with E-state index in [1.54, 1.807) is 0 Å². The summed E-state index contributed by atoms with van der Waals surface area (Å²) in [4.78, 5) is 2.52. The van der Waals surface area contributed by atoms with Gasteiger partial charge in [0.1, 0.15) is 0 Å². The summed E-state index contributed by atoms with van der Waals surface area (Å²) in [7, 11) is 0. The van der Waals surface area contributed by atoms with Crippen LogP contribution in [0, 0.1) is 6.92 Å². The molecule has 0 saturated carbocycles. The van der Waals surface area contributed by atoms with Crippen LogP contribution in [0.25, 0.3) is 0 Å². The summed E-state index contributed by atoms with van der Waals surface area (Å²) in [5, 5.41) is 3.52. The van der Waals surface area contributed by atoms with Gasteiger partial charge in [0.25, 0.3) is 0 Å². The molecule has 1 aliphatic rings. The lowest BCUT2D eigenvalue weighted by Gasteiger charge is -2.48. The fourth-order valence-electron chi connectivity index (χ4n) is 2.69. The third kappa shape index (κ3) is 1.77. The van der Waals surface area contributed by atoms with E-state index in [9.17, 15) is 0 Å². The minimum atomic E-state index is 0.176. The van der Waals surface area contributed by atoms with E-state index in [0.29, 0.717) is 6.04 Å². The summed E-state index contributed by atoms with van der Waals surface area (Å²) in [6.45, 7) is 12.3. The van der Waals surface area contributed by atoms with E-state index in [2.05, 4.69) is 63.0 Å². The van der Waals surface area contributed by atoms with Gasteiger partial charge in [-0.15, -0.1) is 0 Å². The van der Waals surface area contributed by atoms with E-state index in [1.165, 1.54) is 16.9 Å². The Morgan fingerprint density at radius 3 is 2.62 bits per heavy atom. The summed E-state index contributed by atoms with van der Waals surface area (Å²) in [5.41, 5.74) is 4.10. The van der Waals surface area contributed by atoms with Crippen LogP contribution in [0.3, 0.4) is 0 Å². The molecule has 0 fully saturated rings. The maximum absolute atomic E-state index is 3.52. The van der Waals surface area contributed by atoms with Crippen molar-refractivity contribution >= 4 is 11.4 Å². The third-order valence-electron chi connectivity index (χ3n) is 3.29. The molecule has 1 heterocycles. The lowest BCUT2D eigenvalue weighted by Crippen LogP contribution is -2.55. The second kappa shape index (κ2) is 3.69. The first-order chi connectivity index (χ1) is 7.42. The molecule has 2 rings (SSSR count). The second-order valence-corrected chi connectivity index (χ2v) is 5.65. The molecule has 16 heavy (non-hydrogen) atoms. The summed E-state index contributed by atoms with van der Waals surface area (Å²) < 4.78 is 0. The van der Waals surface area contributed by atoms with Crippen molar-refractivity contribution in [3.63, 3.8) is 0 Å². The molecule has 1 aliphatic heterocycles. The van der Waals surface area contributed by atoms with Gasteiger partial charge in [-0.05, 0) is 52.3 Å². The van der Waals surface area contributed by atoms with Gasteiger partial charge in [0.15, 0.2) is 0 Å². The fourth-order valence-corrected chi connectivity index (χ4v) is 2.69. The number of nitrogens with one attached hydrogen (secondary N) is 1. The highest BCUT2D eigenvalue weighted by atomic mass is 15.3. The normalized spacial score (nSPS) is 18.2. The molecular formula is C14H22N2. The van der Waals surface area contributed by atoms with E-state index >= 15 is 0 Å². The highest BCUT2D eigenvalue weighted by Gasteiger charge is 2.34. The first-order valence-electron chi connectivity index (χ1n) is 6.06. The average molecular weight is 218 g/mol. The van der Waals surface area contributed by atoms with E-state index < -0.39 is 0 Å². The van der Waals surface area contributed by atoms with Gasteiger partial charge < -0.3 is 10.2 Å². The van der Waals surface area contributed by atoms with E-state index in [4.69, 9.17) is 0 Å². The van der Waals surface area contributed by atoms with Crippen LogP contribution in [0.2, 0.25) is 0 Å². The van der Waals surface area contributed by atoms with Crippen LogP contribution in [0.15, 0.2) is 18.2 Å². The highest BCUT2D eigenvalue weighted by Crippen LogP contribution is 2.37. The molecule has 1 aromatic rings. The monoisotopic (exact) mass is 218 g/mol. The molecule has 0 amide bonds. The van der Waals surface area contributed by atoms with Gasteiger partial charge in [0.2, 0.25) is 0 Å². The molecule has 0 saturated heterocycles. The largest absolute Gasteiger partial charge is 0.381 e. The Morgan fingerprint density at radius 1 is 1.31 bits per heavy atom. The zero-order valence-corrected chi connectivity index (χ0v) is 11.0. The van der Waals surface area contributed by atoms with Crippen molar-refractivity contribution in [3.8, 4) is 0 Å². The van der Waals surface area contributed by atoms with Crippen LogP contribution in [0.4, 0.5) is 11.4 Å². The van der Waals surface area contributed by atoms with Gasteiger partial charge in [0, 0.05) is 12.6 Å². The molecule has 0 atom stereocenters. The van der Waals surface area contributed by atoms with Crippen molar-refractivity contribution in [2.24, 2.45) is 0 Å². The smallest absolute Gasteiger partial charge is 0.0612 e. The Balaban J connectivity index is 2.52. The fraction of sp³-hybridized carbons (Fsp3) is 0.571. The Bertz CT molecular complexity index is 394. The molecule has 0 unspecified atom stereocenters. The van der Waals surface area contributed by atoms with Crippen molar-refractivity contribution in [2.75, 3.05) is 16.8 Å². The number of anilines is 2. The summed E-state index contributed by atoms with van der Waals surface area (Å²) in [5.74, 6) is 0. The first-order valence-corrected chi connectivity index (χ1v) is 6.06. The van der Waals surface area contributed by atoms with Gasteiger partial charge >= 0.3 is 0 Å². The number of fused-ring (bicyclic) bond motifs is 1. The lowest BCUT2D eigenvalue weighted by molar-refractivity contribution is 0.439. The van der Waals surface area contributed by atoms with Crippen LogP contribution in [-0.2, 0) is 0 Å². The van der Waals surface area contributed by atoms with Crippen molar-refractivity contribution in [1.82, 2.24) is 0 Å². The topological polar surface area (TPSA) is 15.3 Å². The predicted molar refractivity (Wildman–Crippen MR) is 71.4 cm³/mol. The Morgan fingerprint density at radius 2 is 2.00 bits per heavy atom. The van der Waals surface area contributed by atoms with E-state index in [-0.39, 0.29) is 5.54 Å². The maximum atomic E-state index is 3.52. The van der Waals surface area contributed by atoms with Crippen LogP contribution >= 0.6 is 0 Å². The van der Waals surface area contributed by atoms with E-state index in [0.717, 1.165) is 6.54 Å². The number of aryl methyl sites for hydroxylation is 1. The molecule has 88 valence electrons. The molecule has 0 aliphatic carbocycles. The predicted octanol–water partition coefficient (Wildman–Crippen LogP) is 3.41. The van der Waals surface area contributed by atoms with Crippen molar-refractivity contribution in [3.05, 3.63) is 23.8 Å². The Labute approximate surface area is 98.7 Å². The number of hydrogen-bond donors (Lipinski definition) is 1.